The first-order valence-electron chi connectivity index (χ1n) is 5.83. The van der Waals surface area contributed by atoms with E-state index in [4.69, 9.17) is 4.42 Å². The van der Waals surface area contributed by atoms with Gasteiger partial charge in [0.25, 0.3) is 5.88 Å². The van der Waals surface area contributed by atoms with Gasteiger partial charge in [0, 0.05) is 18.7 Å². The average Bonchev–Trinajstić information content (AvgIpc) is 2.84. The number of aromatic nitrogens is 2. The van der Waals surface area contributed by atoms with Gasteiger partial charge in [0.2, 0.25) is 5.58 Å². The van der Waals surface area contributed by atoms with Crippen molar-refractivity contribution >= 4 is 17.5 Å². The van der Waals surface area contributed by atoms with Crippen molar-refractivity contribution in [3.8, 4) is 5.88 Å². The Morgan fingerprint density at radius 3 is 2.89 bits per heavy atom. The molecule has 0 aromatic carbocycles. The predicted molar refractivity (Wildman–Crippen MR) is 62.7 cm³/mol. The van der Waals surface area contributed by atoms with Crippen molar-refractivity contribution in [3.05, 3.63) is 18.2 Å². The first-order valence-corrected chi connectivity index (χ1v) is 5.83. The Balaban J connectivity index is 1.91. The molecule has 93 valence electrons. The summed E-state index contributed by atoms with van der Waals surface area (Å²) in [5.74, 6) is 0.162. The minimum absolute atomic E-state index is 0.134. The molecule has 3 heterocycles. The molecule has 1 aliphatic heterocycles. The van der Waals surface area contributed by atoms with Crippen LogP contribution in [0.4, 0.5) is 0 Å². The lowest BCUT2D eigenvalue weighted by molar-refractivity contribution is 0.297. The third-order valence-electron chi connectivity index (χ3n) is 3.43. The number of carbonyl (C=O) groups excluding carboxylic acids is 1. The molecule has 0 spiro atoms. The highest BCUT2D eigenvalue weighted by atomic mass is 16.4. The number of hydrogen-bond donors (Lipinski definition) is 1. The molecule has 6 nitrogen and oxygen atoms in total. The van der Waals surface area contributed by atoms with Crippen LogP contribution >= 0.6 is 0 Å². The maximum atomic E-state index is 10.5. The van der Waals surface area contributed by atoms with Crippen LogP contribution < -0.4 is 0 Å². The molecular formula is C12H12N3O3. The Labute approximate surface area is 103 Å². The van der Waals surface area contributed by atoms with Gasteiger partial charge in [-0.1, -0.05) is 0 Å². The van der Waals surface area contributed by atoms with E-state index in [0.29, 0.717) is 30.1 Å². The van der Waals surface area contributed by atoms with Crippen LogP contribution in [0, 0.1) is 0 Å². The number of likely N-dealkylation sites (tertiary alicyclic amines) is 1. The monoisotopic (exact) mass is 246 g/mol. The molecule has 6 heteroatoms. The van der Waals surface area contributed by atoms with Crippen LogP contribution in [0.25, 0.3) is 11.1 Å². The molecule has 1 saturated heterocycles. The highest BCUT2D eigenvalue weighted by Crippen LogP contribution is 2.34. The summed E-state index contributed by atoms with van der Waals surface area (Å²) in [6.45, 7) is 1.38. The van der Waals surface area contributed by atoms with E-state index in [1.165, 1.54) is 6.33 Å². The van der Waals surface area contributed by atoms with Crippen LogP contribution in [0.3, 0.4) is 0 Å². The summed E-state index contributed by atoms with van der Waals surface area (Å²) < 4.78 is 5.32. The van der Waals surface area contributed by atoms with Crippen LogP contribution in [-0.4, -0.2) is 39.5 Å². The van der Waals surface area contributed by atoms with Crippen LogP contribution in [0.5, 0.6) is 5.88 Å². The first-order chi connectivity index (χ1) is 8.79. The Morgan fingerprint density at radius 2 is 2.17 bits per heavy atom. The molecule has 1 N–H and O–H groups in total. The molecule has 0 atom stereocenters. The van der Waals surface area contributed by atoms with E-state index < -0.39 is 0 Å². The molecule has 0 bridgehead atoms. The normalized spacial score (nSPS) is 17.2. The fourth-order valence-electron chi connectivity index (χ4n) is 2.43. The van der Waals surface area contributed by atoms with E-state index in [0.717, 1.165) is 18.4 Å². The summed E-state index contributed by atoms with van der Waals surface area (Å²) in [6, 6.07) is 0. The third-order valence-corrected chi connectivity index (χ3v) is 3.43. The minimum atomic E-state index is -0.134. The van der Waals surface area contributed by atoms with Crippen LogP contribution in [0.15, 0.2) is 17.0 Å². The standard InChI is InChI=1S/C12H12N3O3/c16-7-15-3-1-8(2-4-15)9-5-18-11-10(9)13-6-14-12(11)17/h5-6,8H,1-4H2,(H,13,14,17). The Bertz CT molecular complexity index is 573. The molecule has 1 aliphatic rings. The molecule has 1 radical (unpaired) electrons. The fraction of sp³-hybridized carbons (Fsp3) is 0.417. The number of aromatic hydroxyl groups is 1. The van der Waals surface area contributed by atoms with Crippen molar-refractivity contribution in [1.29, 1.82) is 0 Å². The molecule has 3 rings (SSSR count). The van der Waals surface area contributed by atoms with Crippen molar-refractivity contribution in [1.82, 2.24) is 14.9 Å². The minimum Gasteiger partial charge on any atom is -0.491 e. The number of hydrogen-bond acceptors (Lipinski definition) is 5. The Morgan fingerprint density at radius 1 is 1.39 bits per heavy atom. The third kappa shape index (κ3) is 1.70. The second-order valence-corrected chi connectivity index (χ2v) is 4.42. The van der Waals surface area contributed by atoms with Gasteiger partial charge in [0.05, 0.1) is 6.26 Å². The molecule has 0 saturated carbocycles. The van der Waals surface area contributed by atoms with E-state index in [1.807, 2.05) is 6.41 Å². The largest absolute Gasteiger partial charge is 0.491 e. The van der Waals surface area contributed by atoms with E-state index >= 15 is 0 Å². The van der Waals surface area contributed by atoms with Gasteiger partial charge in [0.1, 0.15) is 11.8 Å². The van der Waals surface area contributed by atoms with Gasteiger partial charge in [-0.3, -0.25) is 4.79 Å². The number of rotatable bonds is 2. The topological polar surface area (TPSA) is 79.5 Å². The number of nitrogens with zero attached hydrogens (tertiary/aromatic N) is 3. The SMILES string of the molecule is O=[C]N1CCC(c2coc3c(O)ncnc23)CC1. The van der Waals surface area contributed by atoms with Crippen LogP contribution in [0.1, 0.15) is 24.3 Å². The summed E-state index contributed by atoms with van der Waals surface area (Å²) in [5.41, 5.74) is 1.97. The highest BCUT2D eigenvalue weighted by molar-refractivity contribution is 5.80. The first kappa shape index (κ1) is 11.0. The zero-order valence-corrected chi connectivity index (χ0v) is 9.67. The van der Waals surface area contributed by atoms with E-state index in [9.17, 15) is 9.90 Å². The van der Waals surface area contributed by atoms with Crippen LogP contribution in [-0.2, 0) is 4.79 Å². The van der Waals surface area contributed by atoms with Crippen molar-refractivity contribution in [2.75, 3.05) is 13.1 Å². The molecule has 0 aliphatic carbocycles. The van der Waals surface area contributed by atoms with Crippen LogP contribution in [0.2, 0.25) is 0 Å². The smallest absolute Gasteiger partial charge is 0.312 e. The van der Waals surface area contributed by atoms with Crippen molar-refractivity contribution in [2.24, 2.45) is 0 Å². The second kappa shape index (κ2) is 4.29. The van der Waals surface area contributed by atoms with E-state index in [1.54, 1.807) is 11.2 Å². The number of fused-ring (bicyclic) bond motifs is 1. The summed E-state index contributed by atoms with van der Waals surface area (Å²) in [6.07, 6.45) is 6.58. The molecular weight excluding hydrogens is 234 g/mol. The molecule has 0 unspecified atom stereocenters. The quantitative estimate of drug-likeness (QED) is 0.860. The van der Waals surface area contributed by atoms with Gasteiger partial charge in [0.15, 0.2) is 0 Å². The van der Waals surface area contributed by atoms with Gasteiger partial charge >= 0.3 is 6.41 Å². The number of piperidine rings is 1. The number of furan rings is 1. The Kier molecular flexibility index (Phi) is 2.62. The van der Waals surface area contributed by atoms with Gasteiger partial charge < -0.3 is 14.4 Å². The highest BCUT2D eigenvalue weighted by Gasteiger charge is 2.24. The predicted octanol–water partition coefficient (Wildman–Crippen LogP) is 1.17. The molecule has 1 amide bonds. The lowest BCUT2D eigenvalue weighted by atomic mass is 9.91. The van der Waals surface area contributed by atoms with Crippen molar-refractivity contribution < 1.29 is 14.3 Å². The second-order valence-electron chi connectivity index (χ2n) is 4.42. The summed E-state index contributed by atoms with van der Waals surface area (Å²) in [7, 11) is 0. The fourth-order valence-corrected chi connectivity index (χ4v) is 2.43. The maximum absolute atomic E-state index is 10.5. The van der Waals surface area contributed by atoms with E-state index in [-0.39, 0.29) is 5.88 Å². The molecule has 2 aromatic heterocycles. The van der Waals surface area contributed by atoms with Gasteiger partial charge in [-0.15, -0.1) is 0 Å². The molecule has 1 fully saturated rings. The van der Waals surface area contributed by atoms with Crippen molar-refractivity contribution in [3.63, 3.8) is 0 Å². The van der Waals surface area contributed by atoms with Gasteiger partial charge in [-0.2, -0.15) is 4.98 Å². The van der Waals surface area contributed by atoms with E-state index in [2.05, 4.69) is 9.97 Å². The lowest BCUT2D eigenvalue weighted by Gasteiger charge is -2.27. The zero-order chi connectivity index (χ0) is 12.5. The maximum Gasteiger partial charge on any atom is 0.312 e. The van der Waals surface area contributed by atoms with Gasteiger partial charge in [-0.25, -0.2) is 4.98 Å². The summed E-state index contributed by atoms with van der Waals surface area (Å²) in [5, 5.41) is 9.56. The number of amides is 1. The molecule has 2 aromatic rings. The summed E-state index contributed by atoms with van der Waals surface area (Å²) in [4.78, 5) is 20.0. The average molecular weight is 246 g/mol. The zero-order valence-electron chi connectivity index (χ0n) is 9.67. The van der Waals surface area contributed by atoms with Gasteiger partial charge in [-0.05, 0) is 18.8 Å². The lowest BCUT2D eigenvalue weighted by Crippen LogP contribution is -2.31. The van der Waals surface area contributed by atoms with Crippen molar-refractivity contribution in [2.45, 2.75) is 18.8 Å². The summed E-state index contributed by atoms with van der Waals surface area (Å²) >= 11 is 0. The Hall–Kier alpha value is -2.11. The molecule has 18 heavy (non-hydrogen) atoms.